The summed E-state index contributed by atoms with van der Waals surface area (Å²) in [5.41, 5.74) is 6.04. The van der Waals surface area contributed by atoms with Gasteiger partial charge in [0.15, 0.2) is 0 Å². The van der Waals surface area contributed by atoms with Crippen LogP contribution in [0.4, 0.5) is 11.8 Å². The third-order valence-corrected chi connectivity index (χ3v) is 4.92. The normalized spacial score (nSPS) is 20.4. The maximum atomic E-state index is 12.3. The molecule has 3 unspecified atom stereocenters. The molecule has 0 aromatic carbocycles. The number of nitrogens with one attached hydrogen (secondary N) is 2. The molecule has 11 nitrogen and oxygen atoms in total. The minimum atomic E-state index is -1.29. The Balaban J connectivity index is 2.02. The van der Waals surface area contributed by atoms with Gasteiger partial charge in [-0.25, -0.2) is 9.78 Å². The van der Waals surface area contributed by atoms with Crippen LogP contribution in [0.1, 0.15) is 44.3 Å². The standard InChI is InChI=1S/C17H25N5O6/c1-2-8(5-12(23)21-11(16(27)28)3-4-13(24)25)9-6-19-15-10(14(9)26)7-20-17(18)22-15/h7-9,11,14,26H,2-6H2,1H3,(H,21,23)(H,24,25)(H,27,28)(H3,18,19,20,22)/t8?,9?,11-,14?/m0/s1. The summed E-state index contributed by atoms with van der Waals surface area (Å²) in [6.45, 7) is 2.25. The monoisotopic (exact) mass is 395 g/mol. The summed E-state index contributed by atoms with van der Waals surface area (Å²) in [6, 6.07) is -1.27. The van der Waals surface area contributed by atoms with Gasteiger partial charge in [0, 0.05) is 37.1 Å². The number of carboxylic acids is 2. The van der Waals surface area contributed by atoms with Crippen LogP contribution in [0.3, 0.4) is 0 Å². The number of anilines is 2. The van der Waals surface area contributed by atoms with E-state index < -0.39 is 30.0 Å². The number of carbonyl (C=O) groups is 3. The average Bonchev–Trinajstić information content (AvgIpc) is 2.63. The molecule has 0 bridgehead atoms. The van der Waals surface area contributed by atoms with Crippen LogP contribution in [0.25, 0.3) is 0 Å². The van der Waals surface area contributed by atoms with Crippen molar-refractivity contribution in [1.82, 2.24) is 15.3 Å². The number of aromatic nitrogens is 2. The van der Waals surface area contributed by atoms with Crippen molar-refractivity contribution in [2.24, 2.45) is 11.8 Å². The van der Waals surface area contributed by atoms with E-state index in [-0.39, 0.29) is 37.0 Å². The van der Waals surface area contributed by atoms with Crippen LogP contribution in [0, 0.1) is 11.8 Å². The molecule has 7 N–H and O–H groups in total. The zero-order chi connectivity index (χ0) is 20.8. The zero-order valence-corrected chi connectivity index (χ0v) is 15.5. The highest BCUT2D eigenvalue weighted by Gasteiger charge is 2.35. The number of nitrogens with two attached hydrogens (primary N) is 1. The molecule has 0 saturated carbocycles. The lowest BCUT2D eigenvalue weighted by Crippen LogP contribution is -2.43. The van der Waals surface area contributed by atoms with Crippen molar-refractivity contribution in [2.75, 3.05) is 17.6 Å². The van der Waals surface area contributed by atoms with Crippen LogP contribution in [0.15, 0.2) is 6.20 Å². The number of nitrogen functional groups attached to an aromatic ring is 1. The summed E-state index contributed by atoms with van der Waals surface area (Å²) in [6.07, 6.45) is 0.571. The molecular formula is C17H25N5O6. The van der Waals surface area contributed by atoms with E-state index >= 15 is 0 Å². The van der Waals surface area contributed by atoms with Gasteiger partial charge in [0.2, 0.25) is 11.9 Å². The van der Waals surface area contributed by atoms with E-state index in [4.69, 9.17) is 15.9 Å². The van der Waals surface area contributed by atoms with Crippen molar-refractivity contribution in [3.05, 3.63) is 11.8 Å². The second-order valence-corrected chi connectivity index (χ2v) is 6.78. The molecule has 2 heterocycles. The minimum Gasteiger partial charge on any atom is -0.481 e. The summed E-state index contributed by atoms with van der Waals surface area (Å²) in [7, 11) is 0. The predicted octanol–water partition coefficient (Wildman–Crippen LogP) is -0.0156. The number of fused-ring (bicyclic) bond motifs is 1. The third kappa shape index (κ3) is 5.28. The second kappa shape index (κ2) is 9.31. The van der Waals surface area contributed by atoms with Gasteiger partial charge in [0.1, 0.15) is 11.9 Å². The predicted molar refractivity (Wildman–Crippen MR) is 98.2 cm³/mol. The van der Waals surface area contributed by atoms with Crippen LogP contribution >= 0.6 is 0 Å². The Hall–Kier alpha value is -2.95. The van der Waals surface area contributed by atoms with Crippen LogP contribution < -0.4 is 16.4 Å². The number of nitrogens with zero attached hydrogens (tertiary/aromatic N) is 2. The fraction of sp³-hybridized carbons (Fsp3) is 0.588. The van der Waals surface area contributed by atoms with E-state index in [0.29, 0.717) is 24.3 Å². The molecule has 1 aliphatic rings. The molecule has 1 aliphatic heterocycles. The molecule has 28 heavy (non-hydrogen) atoms. The lowest BCUT2D eigenvalue weighted by molar-refractivity contribution is -0.143. The Morgan fingerprint density at radius 3 is 2.71 bits per heavy atom. The van der Waals surface area contributed by atoms with Crippen LogP contribution in [-0.4, -0.2) is 55.7 Å². The van der Waals surface area contributed by atoms with Crippen molar-refractivity contribution in [3.8, 4) is 0 Å². The number of rotatable bonds is 9. The van der Waals surface area contributed by atoms with Gasteiger partial charge in [-0.05, 0) is 12.3 Å². The third-order valence-electron chi connectivity index (χ3n) is 4.92. The Bertz CT molecular complexity index is 743. The number of hydrogen-bond acceptors (Lipinski definition) is 8. The Kier molecular flexibility index (Phi) is 7.10. The highest BCUT2D eigenvalue weighted by atomic mass is 16.4. The summed E-state index contributed by atoms with van der Waals surface area (Å²) >= 11 is 0. The first-order valence-corrected chi connectivity index (χ1v) is 9.01. The first-order chi connectivity index (χ1) is 13.2. The first-order valence-electron chi connectivity index (χ1n) is 9.01. The fourth-order valence-corrected chi connectivity index (χ4v) is 3.36. The highest BCUT2D eigenvalue weighted by molar-refractivity contribution is 5.84. The Labute approximate surface area is 161 Å². The Morgan fingerprint density at radius 1 is 1.39 bits per heavy atom. The zero-order valence-electron chi connectivity index (χ0n) is 15.5. The van der Waals surface area contributed by atoms with Crippen molar-refractivity contribution < 1.29 is 29.7 Å². The maximum absolute atomic E-state index is 12.3. The molecule has 0 spiro atoms. The fourth-order valence-electron chi connectivity index (χ4n) is 3.36. The van der Waals surface area contributed by atoms with Gasteiger partial charge in [-0.1, -0.05) is 13.3 Å². The van der Waals surface area contributed by atoms with Gasteiger partial charge in [-0.3, -0.25) is 9.59 Å². The lowest BCUT2D eigenvalue weighted by Gasteiger charge is -2.35. The smallest absolute Gasteiger partial charge is 0.326 e. The van der Waals surface area contributed by atoms with Gasteiger partial charge >= 0.3 is 11.9 Å². The number of hydrogen-bond donors (Lipinski definition) is 6. The van der Waals surface area contributed by atoms with Crippen LogP contribution in [0.5, 0.6) is 0 Å². The number of aliphatic hydroxyl groups excluding tert-OH is 1. The van der Waals surface area contributed by atoms with Crippen molar-refractivity contribution >= 4 is 29.6 Å². The SMILES string of the molecule is CCC(CC(=O)N[C@@H](CCC(=O)O)C(=O)O)C1CNc2nc(N)ncc2C1O. The van der Waals surface area contributed by atoms with E-state index in [9.17, 15) is 19.5 Å². The van der Waals surface area contributed by atoms with Crippen molar-refractivity contribution in [2.45, 2.75) is 44.8 Å². The molecule has 0 aliphatic carbocycles. The second-order valence-electron chi connectivity index (χ2n) is 6.78. The van der Waals surface area contributed by atoms with Gasteiger partial charge in [-0.15, -0.1) is 0 Å². The maximum Gasteiger partial charge on any atom is 0.326 e. The molecule has 1 aromatic rings. The topological polar surface area (TPSA) is 188 Å². The minimum absolute atomic E-state index is 0.00191. The molecule has 0 fully saturated rings. The summed E-state index contributed by atoms with van der Waals surface area (Å²) < 4.78 is 0. The van der Waals surface area contributed by atoms with Gasteiger partial charge < -0.3 is 31.7 Å². The number of aliphatic hydroxyl groups is 1. The average molecular weight is 395 g/mol. The van der Waals surface area contributed by atoms with E-state index in [2.05, 4.69) is 20.6 Å². The molecule has 2 rings (SSSR count). The molecule has 0 saturated heterocycles. The van der Waals surface area contributed by atoms with Gasteiger partial charge in [0.05, 0.1) is 6.10 Å². The molecule has 11 heteroatoms. The first kappa shape index (κ1) is 21.4. The molecule has 4 atom stereocenters. The largest absolute Gasteiger partial charge is 0.481 e. The summed E-state index contributed by atoms with van der Waals surface area (Å²) in [5.74, 6) is -2.92. The number of carboxylic acid groups (broad SMARTS) is 2. The Morgan fingerprint density at radius 2 is 2.11 bits per heavy atom. The molecule has 1 aromatic heterocycles. The van der Waals surface area contributed by atoms with E-state index in [1.807, 2.05) is 6.92 Å². The molecule has 1 amide bonds. The quantitative estimate of drug-likeness (QED) is 0.332. The van der Waals surface area contributed by atoms with Crippen molar-refractivity contribution in [3.63, 3.8) is 0 Å². The molecular weight excluding hydrogens is 370 g/mol. The molecule has 0 radical (unpaired) electrons. The van der Waals surface area contributed by atoms with E-state index in [0.717, 1.165) is 0 Å². The van der Waals surface area contributed by atoms with Crippen LogP contribution in [0.2, 0.25) is 0 Å². The van der Waals surface area contributed by atoms with Crippen molar-refractivity contribution in [1.29, 1.82) is 0 Å². The number of aliphatic carboxylic acids is 2. The van der Waals surface area contributed by atoms with Gasteiger partial charge in [0.25, 0.3) is 0 Å². The van der Waals surface area contributed by atoms with Gasteiger partial charge in [-0.2, -0.15) is 4.98 Å². The summed E-state index contributed by atoms with van der Waals surface area (Å²) in [4.78, 5) is 42.2. The number of carbonyl (C=O) groups excluding carboxylic acids is 1. The number of amides is 1. The van der Waals surface area contributed by atoms with E-state index in [1.165, 1.54) is 6.20 Å². The van der Waals surface area contributed by atoms with Crippen LogP contribution in [-0.2, 0) is 14.4 Å². The highest BCUT2D eigenvalue weighted by Crippen LogP contribution is 2.38. The molecule has 154 valence electrons. The van der Waals surface area contributed by atoms with E-state index in [1.54, 1.807) is 0 Å². The lowest BCUT2D eigenvalue weighted by atomic mass is 9.79. The summed E-state index contributed by atoms with van der Waals surface area (Å²) in [5, 5.41) is 34.0.